The molecule has 1 heterocycles. The Kier molecular flexibility index (Phi) is 2.95. The standard InChI is InChI=1S/C11H8F3N3/c12-11(13,14)9-10(16-7-6-15-9)17-8-4-2-1-3-5-8/h1-7H,(H,16,17). The van der Waals surface area contributed by atoms with E-state index in [9.17, 15) is 13.2 Å². The molecule has 3 nitrogen and oxygen atoms in total. The van der Waals surface area contributed by atoms with E-state index in [1.807, 2.05) is 0 Å². The predicted molar refractivity (Wildman–Crippen MR) is 56.8 cm³/mol. The Morgan fingerprint density at radius 1 is 0.941 bits per heavy atom. The van der Waals surface area contributed by atoms with Crippen molar-refractivity contribution in [1.29, 1.82) is 0 Å². The topological polar surface area (TPSA) is 37.8 Å². The van der Waals surface area contributed by atoms with Crippen LogP contribution in [-0.4, -0.2) is 9.97 Å². The van der Waals surface area contributed by atoms with Gasteiger partial charge >= 0.3 is 6.18 Å². The predicted octanol–water partition coefficient (Wildman–Crippen LogP) is 3.24. The number of para-hydroxylation sites is 1. The zero-order valence-corrected chi connectivity index (χ0v) is 8.57. The number of anilines is 2. The van der Waals surface area contributed by atoms with Crippen molar-refractivity contribution in [2.24, 2.45) is 0 Å². The molecule has 6 heteroatoms. The second-order valence-corrected chi connectivity index (χ2v) is 3.24. The average molecular weight is 239 g/mol. The summed E-state index contributed by atoms with van der Waals surface area (Å²) >= 11 is 0. The fraction of sp³-hybridized carbons (Fsp3) is 0.0909. The first-order chi connectivity index (χ1) is 8.07. The molecular weight excluding hydrogens is 231 g/mol. The molecule has 0 amide bonds. The normalized spacial score (nSPS) is 11.2. The molecule has 0 saturated carbocycles. The van der Waals surface area contributed by atoms with Crippen LogP contribution in [0.4, 0.5) is 24.7 Å². The first kappa shape index (κ1) is 11.4. The fourth-order valence-corrected chi connectivity index (χ4v) is 1.30. The Hall–Kier alpha value is -2.11. The van der Waals surface area contributed by atoms with Crippen LogP contribution in [0.5, 0.6) is 0 Å². The van der Waals surface area contributed by atoms with Gasteiger partial charge in [-0.1, -0.05) is 18.2 Å². The van der Waals surface area contributed by atoms with E-state index in [4.69, 9.17) is 0 Å². The summed E-state index contributed by atoms with van der Waals surface area (Å²) in [5, 5.41) is 2.59. The molecule has 1 N–H and O–H groups in total. The summed E-state index contributed by atoms with van der Waals surface area (Å²) in [5.41, 5.74) is -0.498. The molecule has 2 rings (SSSR count). The van der Waals surface area contributed by atoms with Crippen molar-refractivity contribution in [3.63, 3.8) is 0 Å². The molecule has 0 fully saturated rings. The van der Waals surface area contributed by atoms with Crippen LogP contribution in [0.15, 0.2) is 42.7 Å². The molecule has 0 unspecified atom stereocenters. The zero-order valence-electron chi connectivity index (χ0n) is 8.57. The molecule has 0 spiro atoms. The van der Waals surface area contributed by atoms with Crippen LogP contribution in [0, 0.1) is 0 Å². The molecule has 2 aromatic rings. The minimum absolute atomic E-state index is 0.300. The average Bonchev–Trinajstić information content (AvgIpc) is 2.30. The van der Waals surface area contributed by atoms with Crippen LogP contribution in [0.1, 0.15) is 5.69 Å². The molecule has 0 aliphatic heterocycles. The number of benzene rings is 1. The molecule has 1 aromatic heterocycles. The minimum atomic E-state index is -4.52. The summed E-state index contributed by atoms with van der Waals surface area (Å²) < 4.78 is 37.8. The van der Waals surface area contributed by atoms with Crippen LogP contribution in [-0.2, 0) is 6.18 Å². The van der Waals surface area contributed by atoms with Gasteiger partial charge in [0, 0.05) is 18.1 Å². The van der Waals surface area contributed by atoms with Gasteiger partial charge in [-0.25, -0.2) is 9.97 Å². The molecule has 0 bridgehead atoms. The highest BCUT2D eigenvalue weighted by Crippen LogP contribution is 2.32. The van der Waals surface area contributed by atoms with Crippen molar-refractivity contribution in [2.45, 2.75) is 6.18 Å². The van der Waals surface area contributed by atoms with Crippen molar-refractivity contribution in [2.75, 3.05) is 5.32 Å². The van der Waals surface area contributed by atoms with Crippen molar-refractivity contribution in [3.05, 3.63) is 48.4 Å². The maximum absolute atomic E-state index is 12.6. The molecule has 0 radical (unpaired) electrons. The number of halogens is 3. The molecule has 0 saturated heterocycles. The van der Waals surface area contributed by atoms with Gasteiger partial charge in [-0.3, -0.25) is 0 Å². The Morgan fingerprint density at radius 3 is 2.24 bits per heavy atom. The van der Waals surface area contributed by atoms with Gasteiger partial charge in [0.05, 0.1) is 0 Å². The van der Waals surface area contributed by atoms with Crippen LogP contribution in [0.2, 0.25) is 0 Å². The lowest BCUT2D eigenvalue weighted by Gasteiger charge is -2.11. The molecule has 17 heavy (non-hydrogen) atoms. The van der Waals surface area contributed by atoms with Crippen molar-refractivity contribution in [1.82, 2.24) is 9.97 Å². The molecule has 0 aliphatic carbocycles. The molecule has 0 atom stereocenters. The van der Waals surface area contributed by atoms with Gasteiger partial charge in [-0.15, -0.1) is 0 Å². The van der Waals surface area contributed by atoms with E-state index in [0.717, 1.165) is 6.20 Å². The lowest BCUT2D eigenvalue weighted by molar-refractivity contribution is -0.140. The van der Waals surface area contributed by atoms with E-state index in [0.29, 0.717) is 5.69 Å². The smallest absolute Gasteiger partial charge is 0.338 e. The van der Waals surface area contributed by atoms with E-state index in [1.54, 1.807) is 30.3 Å². The first-order valence-electron chi connectivity index (χ1n) is 4.77. The zero-order chi connectivity index (χ0) is 12.3. The second kappa shape index (κ2) is 4.40. The van der Waals surface area contributed by atoms with Gasteiger partial charge in [0.1, 0.15) is 0 Å². The maximum Gasteiger partial charge on any atom is 0.437 e. The lowest BCUT2D eigenvalue weighted by atomic mass is 10.3. The second-order valence-electron chi connectivity index (χ2n) is 3.24. The Bertz CT molecular complexity index is 497. The third kappa shape index (κ3) is 2.72. The van der Waals surface area contributed by atoms with Gasteiger partial charge in [0.2, 0.25) is 0 Å². The minimum Gasteiger partial charge on any atom is -0.338 e. The summed E-state index contributed by atoms with van der Waals surface area (Å²) in [6, 6.07) is 8.49. The summed E-state index contributed by atoms with van der Waals surface area (Å²) in [4.78, 5) is 6.94. The highest BCUT2D eigenvalue weighted by atomic mass is 19.4. The van der Waals surface area contributed by atoms with Crippen molar-refractivity contribution >= 4 is 11.5 Å². The van der Waals surface area contributed by atoms with E-state index < -0.39 is 11.9 Å². The van der Waals surface area contributed by atoms with Gasteiger partial charge in [-0.05, 0) is 12.1 Å². The third-order valence-electron chi connectivity index (χ3n) is 2.00. The SMILES string of the molecule is FC(F)(F)c1nccnc1Nc1ccccc1. The number of aromatic nitrogens is 2. The monoisotopic (exact) mass is 239 g/mol. The number of alkyl halides is 3. The summed E-state index contributed by atoms with van der Waals surface area (Å²) in [5.74, 6) is -0.300. The van der Waals surface area contributed by atoms with E-state index in [1.165, 1.54) is 6.20 Å². The van der Waals surface area contributed by atoms with Gasteiger partial charge in [-0.2, -0.15) is 13.2 Å². The first-order valence-corrected chi connectivity index (χ1v) is 4.77. The molecule has 88 valence electrons. The molecule has 1 aromatic carbocycles. The fourth-order valence-electron chi connectivity index (χ4n) is 1.30. The number of nitrogens with zero attached hydrogens (tertiary/aromatic N) is 2. The van der Waals surface area contributed by atoms with Crippen molar-refractivity contribution < 1.29 is 13.2 Å². The van der Waals surface area contributed by atoms with E-state index >= 15 is 0 Å². The number of nitrogens with one attached hydrogen (secondary N) is 1. The van der Waals surface area contributed by atoms with Crippen molar-refractivity contribution in [3.8, 4) is 0 Å². The third-order valence-corrected chi connectivity index (χ3v) is 2.00. The molecule has 0 aliphatic rings. The molecular formula is C11H8F3N3. The summed E-state index contributed by atoms with van der Waals surface area (Å²) in [6.45, 7) is 0. The van der Waals surface area contributed by atoms with Crippen LogP contribution >= 0.6 is 0 Å². The van der Waals surface area contributed by atoms with Gasteiger partial charge in [0.15, 0.2) is 11.5 Å². The summed E-state index contributed by atoms with van der Waals surface area (Å²) in [6.07, 6.45) is -2.30. The van der Waals surface area contributed by atoms with E-state index in [2.05, 4.69) is 15.3 Å². The van der Waals surface area contributed by atoms with Crippen LogP contribution < -0.4 is 5.32 Å². The largest absolute Gasteiger partial charge is 0.437 e. The van der Waals surface area contributed by atoms with Crippen LogP contribution in [0.3, 0.4) is 0 Å². The highest BCUT2D eigenvalue weighted by Gasteiger charge is 2.36. The maximum atomic E-state index is 12.6. The van der Waals surface area contributed by atoms with E-state index in [-0.39, 0.29) is 5.82 Å². The Balaban J connectivity index is 2.34. The van der Waals surface area contributed by atoms with Gasteiger partial charge < -0.3 is 5.32 Å². The number of rotatable bonds is 2. The number of hydrogen-bond acceptors (Lipinski definition) is 3. The van der Waals surface area contributed by atoms with Crippen LogP contribution in [0.25, 0.3) is 0 Å². The van der Waals surface area contributed by atoms with Gasteiger partial charge in [0.25, 0.3) is 0 Å². The lowest BCUT2D eigenvalue weighted by Crippen LogP contribution is -2.12. The number of hydrogen-bond donors (Lipinski definition) is 1. The Labute approximate surface area is 95.3 Å². The highest BCUT2D eigenvalue weighted by molar-refractivity contribution is 5.57. The Morgan fingerprint density at radius 2 is 1.59 bits per heavy atom. The summed E-state index contributed by atoms with van der Waals surface area (Å²) in [7, 11) is 0. The quantitative estimate of drug-likeness (QED) is 0.874.